The summed E-state index contributed by atoms with van der Waals surface area (Å²) in [6.45, 7) is 2.43. The molecule has 1 aromatic carbocycles. The van der Waals surface area contributed by atoms with Crippen LogP contribution in [0.4, 0.5) is 5.69 Å². The Balaban J connectivity index is 2.06. The first kappa shape index (κ1) is 12.9. The van der Waals surface area contributed by atoms with Crippen molar-refractivity contribution in [3.05, 3.63) is 44.9 Å². The number of carbonyl (C=O) groups is 1. The molecule has 6 heteroatoms. The first-order valence-corrected chi connectivity index (χ1v) is 6.50. The normalized spacial score (nSPS) is 10.3. The van der Waals surface area contributed by atoms with Crippen LogP contribution in [-0.2, 0) is 6.54 Å². The molecular formula is C12H11ClN2O2S. The van der Waals surface area contributed by atoms with E-state index in [-0.39, 0.29) is 5.01 Å². The topological polar surface area (TPSA) is 62.2 Å². The number of carboxylic acids is 1. The molecule has 0 unspecified atom stereocenters. The lowest BCUT2D eigenvalue weighted by molar-refractivity contribution is 0.0696. The smallest absolute Gasteiger partial charge is 0.365 e. The molecule has 0 aliphatic rings. The van der Waals surface area contributed by atoms with Gasteiger partial charge < -0.3 is 10.4 Å². The van der Waals surface area contributed by atoms with Crippen LogP contribution in [0.1, 0.15) is 21.1 Å². The van der Waals surface area contributed by atoms with Gasteiger partial charge in [-0.1, -0.05) is 17.7 Å². The zero-order valence-electron chi connectivity index (χ0n) is 9.61. The highest BCUT2D eigenvalue weighted by Gasteiger charge is 2.09. The van der Waals surface area contributed by atoms with E-state index >= 15 is 0 Å². The van der Waals surface area contributed by atoms with Crippen molar-refractivity contribution in [2.24, 2.45) is 0 Å². The minimum atomic E-state index is -1.00. The van der Waals surface area contributed by atoms with Crippen LogP contribution in [0.25, 0.3) is 0 Å². The van der Waals surface area contributed by atoms with Gasteiger partial charge in [0.25, 0.3) is 0 Å². The largest absolute Gasteiger partial charge is 0.476 e. The quantitative estimate of drug-likeness (QED) is 0.902. The molecule has 0 aliphatic heterocycles. The Labute approximate surface area is 113 Å². The molecule has 2 rings (SSSR count). The van der Waals surface area contributed by atoms with Crippen molar-refractivity contribution < 1.29 is 9.90 Å². The molecule has 4 nitrogen and oxygen atoms in total. The van der Waals surface area contributed by atoms with Crippen LogP contribution in [0.15, 0.2) is 23.6 Å². The van der Waals surface area contributed by atoms with Gasteiger partial charge in [0, 0.05) is 5.38 Å². The molecule has 0 radical (unpaired) electrons. The second kappa shape index (κ2) is 5.37. The van der Waals surface area contributed by atoms with Gasteiger partial charge in [-0.15, -0.1) is 11.3 Å². The molecule has 0 bridgehead atoms. The SMILES string of the molecule is Cc1ccc(Cl)c(NCc2csc(C(=O)O)n2)c1. The summed E-state index contributed by atoms with van der Waals surface area (Å²) in [5.41, 5.74) is 2.61. The number of hydrogen-bond acceptors (Lipinski definition) is 4. The highest BCUT2D eigenvalue weighted by molar-refractivity contribution is 7.11. The highest BCUT2D eigenvalue weighted by atomic mass is 35.5. The van der Waals surface area contributed by atoms with Crippen LogP contribution >= 0.6 is 22.9 Å². The molecule has 1 heterocycles. The monoisotopic (exact) mass is 282 g/mol. The van der Waals surface area contributed by atoms with Crippen LogP contribution in [0.3, 0.4) is 0 Å². The summed E-state index contributed by atoms with van der Waals surface area (Å²) in [5, 5.41) is 14.4. The summed E-state index contributed by atoms with van der Waals surface area (Å²) < 4.78 is 0. The number of nitrogens with zero attached hydrogens (tertiary/aromatic N) is 1. The molecule has 1 aromatic heterocycles. The summed E-state index contributed by atoms with van der Waals surface area (Å²) in [6.07, 6.45) is 0. The number of anilines is 1. The maximum absolute atomic E-state index is 10.7. The lowest BCUT2D eigenvalue weighted by atomic mass is 10.2. The fourth-order valence-corrected chi connectivity index (χ4v) is 2.29. The van der Waals surface area contributed by atoms with Crippen molar-refractivity contribution in [2.45, 2.75) is 13.5 Å². The van der Waals surface area contributed by atoms with Gasteiger partial charge in [-0.3, -0.25) is 0 Å². The number of rotatable bonds is 4. The van der Waals surface area contributed by atoms with Gasteiger partial charge in [-0.2, -0.15) is 0 Å². The Morgan fingerprint density at radius 1 is 1.56 bits per heavy atom. The molecule has 0 amide bonds. The molecule has 0 saturated heterocycles. The number of nitrogens with one attached hydrogen (secondary N) is 1. The lowest BCUT2D eigenvalue weighted by Crippen LogP contribution is -2.02. The van der Waals surface area contributed by atoms with Crippen LogP contribution < -0.4 is 5.32 Å². The average molecular weight is 283 g/mol. The van der Waals surface area contributed by atoms with Crippen LogP contribution in [0.5, 0.6) is 0 Å². The van der Waals surface area contributed by atoms with Crippen molar-refractivity contribution in [2.75, 3.05) is 5.32 Å². The molecule has 0 spiro atoms. The predicted octanol–water partition coefficient (Wildman–Crippen LogP) is 3.42. The van der Waals surface area contributed by atoms with Crippen molar-refractivity contribution in [1.29, 1.82) is 0 Å². The summed E-state index contributed by atoms with van der Waals surface area (Å²) in [5.74, 6) is -1.00. The Morgan fingerprint density at radius 3 is 3.00 bits per heavy atom. The second-order valence-electron chi connectivity index (χ2n) is 3.79. The van der Waals surface area contributed by atoms with Crippen molar-refractivity contribution in [1.82, 2.24) is 4.98 Å². The van der Waals surface area contributed by atoms with Crippen LogP contribution in [0, 0.1) is 6.92 Å². The first-order chi connectivity index (χ1) is 8.56. The molecule has 0 atom stereocenters. The van der Waals surface area contributed by atoms with E-state index in [1.807, 2.05) is 25.1 Å². The fourth-order valence-electron chi connectivity index (χ4n) is 1.45. The average Bonchev–Trinajstić information content (AvgIpc) is 2.79. The minimum Gasteiger partial charge on any atom is -0.476 e. The van der Waals surface area contributed by atoms with Crippen molar-refractivity contribution >= 4 is 34.6 Å². The standard InChI is InChI=1S/C12H11ClN2O2S/c1-7-2-3-9(13)10(4-7)14-5-8-6-18-11(15-8)12(16)17/h2-4,6,14H,5H2,1H3,(H,16,17). The van der Waals surface area contributed by atoms with Gasteiger partial charge in [0.15, 0.2) is 0 Å². The molecule has 18 heavy (non-hydrogen) atoms. The van der Waals surface area contributed by atoms with E-state index in [1.54, 1.807) is 5.38 Å². The highest BCUT2D eigenvalue weighted by Crippen LogP contribution is 2.23. The molecule has 0 aliphatic carbocycles. The number of benzene rings is 1. The summed E-state index contributed by atoms with van der Waals surface area (Å²) in [4.78, 5) is 14.7. The third-order valence-corrected chi connectivity index (χ3v) is 3.53. The van der Waals surface area contributed by atoms with Gasteiger partial charge >= 0.3 is 5.97 Å². The summed E-state index contributed by atoms with van der Waals surface area (Å²) in [6, 6.07) is 5.69. The van der Waals surface area contributed by atoms with E-state index in [4.69, 9.17) is 16.7 Å². The second-order valence-corrected chi connectivity index (χ2v) is 5.05. The minimum absolute atomic E-state index is 0.0992. The maximum atomic E-state index is 10.7. The van der Waals surface area contributed by atoms with E-state index in [2.05, 4.69) is 10.3 Å². The van der Waals surface area contributed by atoms with Crippen LogP contribution in [0.2, 0.25) is 5.02 Å². The van der Waals surface area contributed by atoms with Gasteiger partial charge in [0.1, 0.15) is 0 Å². The Morgan fingerprint density at radius 2 is 2.33 bits per heavy atom. The molecule has 2 aromatic rings. The number of aromatic carboxylic acids is 1. The fraction of sp³-hybridized carbons (Fsp3) is 0.167. The summed E-state index contributed by atoms with van der Waals surface area (Å²) in [7, 11) is 0. The third kappa shape index (κ3) is 3.00. The zero-order valence-corrected chi connectivity index (χ0v) is 11.2. The number of thiazole rings is 1. The van der Waals surface area contributed by atoms with E-state index in [0.717, 1.165) is 22.6 Å². The van der Waals surface area contributed by atoms with Gasteiger partial charge in [0.2, 0.25) is 5.01 Å². The van der Waals surface area contributed by atoms with Crippen LogP contribution in [-0.4, -0.2) is 16.1 Å². The van der Waals surface area contributed by atoms with Gasteiger partial charge in [-0.05, 0) is 24.6 Å². The Kier molecular flexibility index (Phi) is 3.84. The summed E-state index contributed by atoms with van der Waals surface area (Å²) >= 11 is 7.16. The predicted molar refractivity (Wildman–Crippen MR) is 72.6 cm³/mol. The number of aryl methyl sites for hydroxylation is 1. The van der Waals surface area contributed by atoms with Crippen molar-refractivity contribution in [3.8, 4) is 0 Å². The zero-order chi connectivity index (χ0) is 13.1. The molecule has 0 fully saturated rings. The van der Waals surface area contributed by atoms with E-state index in [0.29, 0.717) is 17.3 Å². The Bertz CT molecular complexity index is 583. The lowest BCUT2D eigenvalue weighted by Gasteiger charge is -2.07. The number of aromatic nitrogens is 1. The maximum Gasteiger partial charge on any atom is 0.365 e. The van der Waals surface area contributed by atoms with E-state index in [1.165, 1.54) is 0 Å². The van der Waals surface area contributed by atoms with Gasteiger partial charge in [0.05, 0.1) is 22.9 Å². The van der Waals surface area contributed by atoms with E-state index in [9.17, 15) is 4.79 Å². The number of carboxylic acid groups (broad SMARTS) is 1. The van der Waals surface area contributed by atoms with Gasteiger partial charge in [-0.25, -0.2) is 9.78 Å². The molecule has 2 N–H and O–H groups in total. The van der Waals surface area contributed by atoms with E-state index < -0.39 is 5.97 Å². The molecule has 0 saturated carbocycles. The number of halogens is 1. The molecular weight excluding hydrogens is 272 g/mol. The third-order valence-electron chi connectivity index (χ3n) is 2.32. The molecule has 94 valence electrons. The Hall–Kier alpha value is -1.59. The van der Waals surface area contributed by atoms with Crippen molar-refractivity contribution in [3.63, 3.8) is 0 Å². The number of hydrogen-bond donors (Lipinski definition) is 2. The first-order valence-electron chi connectivity index (χ1n) is 5.24.